The van der Waals surface area contributed by atoms with E-state index in [-0.39, 0.29) is 5.92 Å². The molecule has 2 atom stereocenters. The van der Waals surface area contributed by atoms with Crippen LogP contribution in [0.15, 0.2) is 185 Å². The minimum Gasteiger partial charge on any atom is -0.456 e. The molecule has 0 fully saturated rings. The second kappa shape index (κ2) is 12.1. The topological polar surface area (TPSA) is 65.0 Å². The number of furan rings is 2. The summed E-state index contributed by atoms with van der Waals surface area (Å²) >= 11 is 0. The first-order valence-corrected chi connectivity index (χ1v) is 19.0. The van der Waals surface area contributed by atoms with E-state index in [1.165, 1.54) is 10.8 Å². The Hall–Kier alpha value is -7.37. The van der Waals surface area contributed by atoms with Crippen molar-refractivity contribution in [3.8, 4) is 33.9 Å². The van der Waals surface area contributed by atoms with E-state index in [0.29, 0.717) is 23.4 Å². The molecular weight excluding hydrogens is 687 g/mol. The van der Waals surface area contributed by atoms with E-state index in [1.54, 1.807) is 0 Å². The number of allylic oxidation sites excluding steroid dienone is 8. The number of aromatic nitrogens is 3. The van der Waals surface area contributed by atoms with Crippen molar-refractivity contribution in [2.24, 2.45) is 11.8 Å². The van der Waals surface area contributed by atoms with Gasteiger partial charge in [-0.2, -0.15) is 0 Å². The van der Waals surface area contributed by atoms with Crippen LogP contribution in [0.4, 0.5) is 0 Å². The van der Waals surface area contributed by atoms with E-state index in [4.69, 9.17) is 23.8 Å². The summed E-state index contributed by atoms with van der Waals surface area (Å²) in [5, 5.41) is 8.81. The molecule has 2 aliphatic rings. The first-order chi connectivity index (χ1) is 27.7. The minimum absolute atomic E-state index is 0.250. The zero-order chi connectivity index (χ0) is 36.7. The summed E-state index contributed by atoms with van der Waals surface area (Å²) in [6.45, 7) is 0. The maximum Gasteiger partial charge on any atom is 0.164 e. The van der Waals surface area contributed by atoms with E-state index >= 15 is 0 Å². The van der Waals surface area contributed by atoms with Gasteiger partial charge in [0.25, 0.3) is 0 Å². The monoisotopic (exact) mass is 717 g/mol. The molecule has 7 aromatic carbocycles. The van der Waals surface area contributed by atoms with Crippen molar-refractivity contribution in [1.29, 1.82) is 0 Å². The third kappa shape index (κ3) is 4.91. The molecule has 0 bridgehead atoms. The van der Waals surface area contributed by atoms with Crippen LogP contribution < -0.4 is 0 Å². The van der Waals surface area contributed by atoms with Crippen molar-refractivity contribution in [3.63, 3.8) is 0 Å². The smallest absolute Gasteiger partial charge is 0.164 e. The van der Waals surface area contributed by atoms with E-state index in [9.17, 15) is 0 Å². The van der Waals surface area contributed by atoms with Crippen molar-refractivity contribution in [2.75, 3.05) is 0 Å². The van der Waals surface area contributed by atoms with E-state index in [0.717, 1.165) is 82.5 Å². The third-order valence-corrected chi connectivity index (χ3v) is 11.4. The van der Waals surface area contributed by atoms with Gasteiger partial charge in [-0.15, -0.1) is 0 Å². The molecule has 0 radical (unpaired) electrons. The number of benzene rings is 7. The van der Waals surface area contributed by atoms with Crippen LogP contribution >= 0.6 is 0 Å². The second-order valence-electron chi connectivity index (χ2n) is 14.7. The molecule has 0 aliphatic heterocycles. The molecule has 0 saturated carbocycles. The fourth-order valence-corrected chi connectivity index (χ4v) is 8.64. The molecule has 2 unspecified atom stereocenters. The van der Waals surface area contributed by atoms with Crippen LogP contribution in [-0.2, 0) is 0 Å². The first kappa shape index (κ1) is 31.0. The van der Waals surface area contributed by atoms with Crippen LogP contribution in [0.2, 0.25) is 0 Å². The Balaban J connectivity index is 1.06. The normalized spacial score (nSPS) is 16.5. The molecule has 0 amide bonds. The van der Waals surface area contributed by atoms with Crippen LogP contribution in [-0.4, -0.2) is 15.0 Å². The molecule has 3 aromatic heterocycles. The molecule has 10 aromatic rings. The number of fused-ring (bicyclic) bond motifs is 9. The van der Waals surface area contributed by atoms with Crippen molar-refractivity contribution < 1.29 is 8.83 Å². The average molecular weight is 718 g/mol. The molecule has 12 rings (SSSR count). The van der Waals surface area contributed by atoms with Gasteiger partial charge in [0.15, 0.2) is 17.5 Å². The maximum atomic E-state index is 6.54. The third-order valence-electron chi connectivity index (χ3n) is 11.4. The van der Waals surface area contributed by atoms with Crippen LogP contribution in [0.1, 0.15) is 5.82 Å². The Labute approximate surface area is 321 Å². The van der Waals surface area contributed by atoms with Crippen molar-refractivity contribution in [1.82, 2.24) is 15.0 Å². The van der Waals surface area contributed by atoms with Gasteiger partial charge in [-0.25, -0.2) is 15.0 Å². The predicted octanol–water partition coefficient (Wildman–Crippen LogP) is 13.3. The van der Waals surface area contributed by atoms with Gasteiger partial charge in [-0.05, 0) is 75.1 Å². The molecule has 56 heavy (non-hydrogen) atoms. The van der Waals surface area contributed by atoms with E-state index in [2.05, 4.69) is 164 Å². The predicted molar refractivity (Wildman–Crippen MR) is 228 cm³/mol. The van der Waals surface area contributed by atoms with Crippen molar-refractivity contribution >= 4 is 71.0 Å². The fraction of sp³-hybridized carbons (Fsp3) is 0.0392. The molecule has 262 valence electrons. The summed E-state index contributed by atoms with van der Waals surface area (Å²) in [6.07, 6.45) is 15.4. The van der Waals surface area contributed by atoms with Gasteiger partial charge in [0.2, 0.25) is 0 Å². The standard InChI is InChI=1S/C51H31N3O2/c1-3-11-32-25-37(21-19-30(32)9-1)49-52-50(38-22-20-31-10-2-4-12-33(31)26-38)54-51(53-49)40-16-8-18-45-48(40)41-28-36(23-24-43(41)55-45)39-15-7-17-44-47(39)42-27-34-13-5-6-14-35(34)29-46(42)56-44/h1-30,32H. The van der Waals surface area contributed by atoms with Gasteiger partial charge in [0, 0.05) is 50.1 Å². The molecule has 5 heteroatoms. The number of hydrogen-bond acceptors (Lipinski definition) is 5. The lowest BCUT2D eigenvalue weighted by atomic mass is 9.83. The fourth-order valence-electron chi connectivity index (χ4n) is 8.64. The summed E-state index contributed by atoms with van der Waals surface area (Å²) in [6, 6.07) is 46.5. The number of nitrogens with zero attached hydrogens (tertiary/aromatic N) is 3. The lowest BCUT2D eigenvalue weighted by molar-refractivity contribution is 0.662. The summed E-state index contributed by atoms with van der Waals surface area (Å²) in [5.41, 5.74) is 8.31. The van der Waals surface area contributed by atoms with Gasteiger partial charge < -0.3 is 8.83 Å². The van der Waals surface area contributed by atoms with Gasteiger partial charge >= 0.3 is 0 Å². The summed E-state index contributed by atoms with van der Waals surface area (Å²) in [4.78, 5) is 15.6. The number of hydrogen-bond donors (Lipinski definition) is 0. The number of rotatable bonds is 4. The van der Waals surface area contributed by atoms with E-state index in [1.807, 2.05) is 12.1 Å². The first-order valence-electron chi connectivity index (χ1n) is 19.0. The van der Waals surface area contributed by atoms with Gasteiger partial charge in [0.05, 0.1) is 0 Å². The molecule has 0 N–H and O–H groups in total. The van der Waals surface area contributed by atoms with Gasteiger partial charge in [-0.1, -0.05) is 134 Å². The lowest BCUT2D eigenvalue weighted by Gasteiger charge is -2.22. The molecule has 3 heterocycles. The largest absolute Gasteiger partial charge is 0.456 e. The maximum absolute atomic E-state index is 6.54. The Morgan fingerprint density at radius 3 is 1.89 bits per heavy atom. The highest BCUT2D eigenvalue weighted by Gasteiger charge is 2.23. The molecule has 0 saturated heterocycles. The van der Waals surface area contributed by atoms with Crippen LogP contribution in [0.5, 0.6) is 0 Å². The molecule has 0 spiro atoms. The summed E-state index contributed by atoms with van der Waals surface area (Å²) in [5.74, 6) is 2.45. The summed E-state index contributed by atoms with van der Waals surface area (Å²) in [7, 11) is 0. The Morgan fingerprint density at radius 2 is 1.05 bits per heavy atom. The SMILES string of the molecule is C1=CC2C=CC(c3nc(-c4ccc5ccccc5c4)nc(-c4cccc5oc6ccc(-c7cccc8oc9cc%10ccccc%10cc9c78)cc6c45)n3)=CC2C=C1. The Kier molecular flexibility index (Phi) is 6.69. The van der Waals surface area contributed by atoms with E-state index < -0.39 is 0 Å². The Bertz CT molecular complexity index is 3400. The zero-order valence-electron chi connectivity index (χ0n) is 30.1. The van der Waals surface area contributed by atoms with Crippen LogP contribution in [0, 0.1) is 11.8 Å². The Morgan fingerprint density at radius 1 is 0.411 bits per heavy atom. The second-order valence-corrected chi connectivity index (χ2v) is 14.7. The lowest BCUT2D eigenvalue weighted by Crippen LogP contribution is -2.12. The highest BCUT2D eigenvalue weighted by Crippen LogP contribution is 2.42. The average Bonchev–Trinajstić information content (AvgIpc) is 3.82. The highest BCUT2D eigenvalue weighted by molar-refractivity contribution is 6.17. The van der Waals surface area contributed by atoms with Gasteiger partial charge in [-0.3, -0.25) is 0 Å². The summed E-state index contributed by atoms with van der Waals surface area (Å²) < 4.78 is 13.0. The quantitative estimate of drug-likeness (QED) is 0.181. The zero-order valence-corrected chi connectivity index (χ0v) is 30.1. The molecule has 5 nitrogen and oxygen atoms in total. The van der Waals surface area contributed by atoms with Gasteiger partial charge in [0.1, 0.15) is 22.3 Å². The van der Waals surface area contributed by atoms with Crippen molar-refractivity contribution in [2.45, 2.75) is 0 Å². The molecule has 2 aliphatic carbocycles. The van der Waals surface area contributed by atoms with Crippen LogP contribution in [0.3, 0.4) is 0 Å². The highest BCUT2D eigenvalue weighted by atomic mass is 16.3. The van der Waals surface area contributed by atoms with Crippen molar-refractivity contribution in [3.05, 3.63) is 182 Å². The minimum atomic E-state index is 0.250. The van der Waals surface area contributed by atoms with Crippen LogP contribution in [0.25, 0.3) is 105 Å². The molecular formula is C51H31N3O2.